The molecule has 15 heavy (non-hydrogen) atoms. The molecule has 1 aliphatic rings. The maximum atomic E-state index is 11.4. The number of rotatable bonds is 5. The molecular formula is C9H13NO4S. The Morgan fingerprint density at radius 2 is 2.33 bits per heavy atom. The summed E-state index contributed by atoms with van der Waals surface area (Å²) in [5.74, 6) is 0. The third-order valence-corrected chi connectivity index (χ3v) is 4.29. The van der Waals surface area contributed by atoms with E-state index in [1.165, 1.54) is 12.5 Å². The molecule has 0 aromatic carbocycles. The maximum Gasteiger partial charge on any atom is 0.214 e. The van der Waals surface area contributed by atoms with Gasteiger partial charge in [0.2, 0.25) is 10.0 Å². The molecule has 0 saturated heterocycles. The lowest BCUT2D eigenvalue weighted by molar-refractivity contribution is 0.181. The normalized spacial score (nSPS) is 19.0. The molecule has 2 rings (SSSR count). The van der Waals surface area contributed by atoms with Crippen molar-refractivity contribution in [3.05, 3.63) is 24.2 Å². The van der Waals surface area contributed by atoms with Crippen LogP contribution < -0.4 is 4.72 Å². The second kappa shape index (κ2) is 3.96. The van der Waals surface area contributed by atoms with E-state index in [0.29, 0.717) is 5.56 Å². The molecule has 1 aliphatic carbocycles. The Morgan fingerprint density at radius 1 is 1.60 bits per heavy atom. The van der Waals surface area contributed by atoms with Gasteiger partial charge in [0.25, 0.3) is 0 Å². The molecule has 0 aliphatic heterocycles. The summed E-state index contributed by atoms with van der Waals surface area (Å²) in [5.41, 5.74) is 0.577. The van der Waals surface area contributed by atoms with Crippen molar-refractivity contribution >= 4 is 10.0 Å². The molecule has 5 nitrogen and oxygen atoms in total. The second-order valence-corrected chi connectivity index (χ2v) is 5.71. The first-order chi connectivity index (χ1) is 7.09. The van der Waals surface area contributed by atoms with Gasteiger partial charge in [-0.2, -0.15) is 0 Å². The lowest BCUT2D eigenvalue weighted by Crippen LogP contribution is -2.31. The van der Waals surface area contributed by atoms with Crippen LogP contribution in [0.1, 0.15) is 24.5 Å². The van der Waals surface area contributed by atoms with Crippen LogP contribution in [0.4, 0.5) is 0 Å². The summed E-state index contributed by atoms with van der Waals surface area (Å²) in [4.78, 5) is 0. The predicted octanol–water partition coefficient (Wildman–Crippen LogP) is 0.395. The third-order valence-electron chi connectivity index (χ3n) is 2.37. The molecule has 84 valence electrons. The van der Waals surface area contributed by atoms with Crippen molar-refractivity contribution in [1.82, 2.24) is 4.72 Å². The molecule has 1 atom stereocenters. The van der Waals surface area contributed by atoms with Crippen molar-refractivity contribution in [1.29, 1.82) is 0 Å². The number of aliphatic hydroxyl groups is 1. The Morgan fingerprint density at radius 3 is 2.87 bits per heavy atom. The Hall–Kier alpha value is -0.850. The lowest BCUT2D eigenvalue weighted by Gasteiger charge is -2.09. The van der Waals surface area contributed by atoms with Crippen LogP contribution in [-0.2, 0) is 10.0 Å². The highest BCUT2D eigenvalue weighted by molar-refractivity contribution is 7.90. The first-order valence-corrected chi connectivity index (χ1v) is 6.33. The molecule has 0 bridgehead atoms. The van der Waals surface area contributed by atoms with Crippen molar-refractivity contribution in [3.8, 4) is 0 Å². The minimum absolute atomic E-state index is 0.00162. The smallest absolute Gasteiger partial charge is 0.214 e. The monoisotopic (exact) mass is 231 g/mol. The van der Waals surface area contributed by atoms with Gasteiger partial charge >= 0.3 is 0 Å². The summed E-state index contributed by atoms with van der Waals surface area (Å²) < 4.78 is 30.0. The molecule has 1 heterocycles. The molecular weight excluding hydrogens is 218 g/mol. The minimum atomic E-state index is -3.21. The van der Waals surface area contributed by atoms with E-state index in [2.05, 4.69) is 4.72 Å². The molecule has 1 saturated carbocycles. The highest BCUT2D eigenvalue weighted by atomic mass is 32.2. The van der Waals surface area contributed by atoms with Gasteiger partial charge < -0.3 is 9.52 Å². The van der Waals surface area contributed by atoms with Crippen LogP contribution in [0, 0.1) is 0 Å². The van der Waals surface area contributed by atoms with Crippen LogP contribution in [0.25, 0.3) is 0 Å². The number of hydrogen-bond donors (Lipinski definition) is 2. The Kier molecular flexibility index (Phi) is 2.81. The van der Waals surface area contributed by atoms with E-state index in [1.54, 1.807) is 6.07 Å². The Balaban J connectivity index is 1.88. The van der Waals surface area contributed by atoms with Crippen molar-refractivity contribution in [2.75, 3.05) is 6.54 Å². The lowest BCUT2D eigenvalue weighted by atomic mass is 10.2. The zero-order chi connectivity index (χ0) is 10.9. The third kappa shape index (κ3) is 2.58. The van der Waals surface area contributed by atoms with Crippen molar-refractivity contribution in [2.45, 2.75) is 24.2 Å². The summed E-state index contributed by atoms with van der Waals surface area (Å²) in [6, 6.07) is 1.61. The summed E-state index contributed by atoms with van der Waals surface area (Å²) in [6.07, 6.45) is 3.43. The topological polar surface area (TPSA) is 79.5 Å². The summed E-state index contributed by atoms with van der Waals surface area (Å²) >= 11 is 0. The van der Waals surface area contributed by atoms with E-state index < -0.39 is 16.1 Å². The molecule has 0 spiro atoms. The summed E-state index contributed by atoms with van der Waals surface area (Å²) in [7, 11) is -3.21. The van der Waals surface area contributed by atoms with E-state index in [-0.39, 0.29) is 11.8 Å². The van der Waals surface area contributed by atoms with Crippen LogP contribution in [0.3, 0.4) is 0 Å². The number of nitrogens with one attached hydrogen (secondary N) is 1. The second-order valence-electron chi connectivity index (χ2n) is 3.67. The quantitative estimate of drug-likeness (QED) is 0.768. The zero-order valence-corrected chi connectivity index (χ0v) is 8.90. The van der Waals surface area contributed by atoms with Gasteiger partial charge in [0.15, 0.2) is 0 Å². The van der Waals surface area contributed by atoms with Crippen LogP contribution >= 0.6 is 0 Å². The van der Waals surface area contributed by atoms with Crippen LogP contribution in [0.5, 0.6) is 0 Å². The van der Waals surface area contributed by atoms with Gasteiger partial charge in [-0.3, -0.25) is 0 Å². The molecule has 0 amide bonds. The highest BCUT2D eigenvalue weighted by Crippen LogP contribution is 2.27. The SMILES string of the molecule is O=S(=O)(NC[C@@H](O)c1ccoc1)C1CC1. The van der Waals surface area contributed by atoms with E-state index in [1.807, 2.05) is 0 Å². The predicted molar refractivity (Wildman–Crippen MR) is 53.6 cm³/mol. The Labute approximate surface area is 88.1 Å². The molecule has 1 aromatic heterocycles. The minimum Gasteiger partial charge on any atom is -0.472 e. The van der Waals surface area contributed by atoms with E-state index >= 15 is 0 Å². The van der Waals surface area contributed by atoms with E-state index in [0.717, 1.165) is 12.8 Å². The van der Waals surface area contributed by atoms with Crippen LogP contribution in [0.15, 0.2) is 23.0 Å². The average Bonchev–Trinajstić information content (AvgIpc) is 2.92. The van der Waals surface area contributed by atoms with Gasteiger partial charge in [0, 0.05) is 12.1 Å². The molecule has 2 N–H and O–H groups in total. The molecule has 1 aromatic rings. The first kappa shape index (κ1) is 10.7. The van der Waals surface area contributed by atoms with Crippen molar-refractivity contribution < 1.29 is 17.9 Å². The molecule has 0 radical (unpaired) electrons. The van der Waals surface area contributed by atoms with Gasteiger partial charge in [0.1, 0.15) is 0 Å². The standard InChI is InChI=1S/C9H13NO4S/c11-9(7-3-4-14-6-7)5-10-15(12,13)8-1-2-8/h3-4,6,8-11H,1-2,5H2/t9-/m1/s1. The van der Waals surface area contributed by atoms with Crippen molar-refractivity contribution in [2.24, 2.45) is 0 Å². The summed E-state index contributed by atoms with van der Waals surface area (Å²) in [5, 5.41) is 9.33. The van der Waals surface area contributed by atoms with Gasteiger partial charge in [-0.25, -0.2) is 13.1 Å². The number of hydrogen-bond acceptors (Lipinski definition) is 4. The average molecular weight is 231 g/mol. The molecule has 0 unspecified atom stereocenters. The van der Waals surface area contributed by atoms with Crippen molar-refractivity contribution in [3.63, 3.8) is 0 Å². The molecule has 1 fully saturated rings. The Bertz CT molecular complexity index is 407. The summed E-state index contributed by atoms with van der Waals surface area (Å²) in [6.45, 7) is -0.00162. The van der Waals surface area contributed by atoms with Crippen LogP contribution in [0.2, 0.25) is 0 Å². The fourth-order valence-electron chi connectivity index (χ4n) is 1.27. The van der Waals surface area contributed by atoms with Gasteiger partial charge in [-0.05, 0) is 18.9 Å². The van der Waals surface area contributed by atoms with E-state index in [9.17, 15) is 13.5 Å². The largest absolute Gasteiger partial charge is 0.472 e. The number of sulfonamides is 1. The number of aliphatic hydroxyl groups excluding tert-OH is 1. The fourth-order valence-corrected chi connectivity index (χ4v) is 2.66. The van der Waals surface area contributed by atoms with Gasteiger partial charge in [0.05, 0.1) is 23.9 Å². The first-order valence-electron chi connectivity index (χ1n) is 4.78. The zero-order valence-electron chi connectivity index (χ0n) is 8.09. The van der Waals surface area contributed by atoms with E-state index in [4.69, 9.17) is 4.42 Å². The van der Waals surface area contributed by atoms with Crippen LogP contribution in [-0.4, -0.2) is 25.3 Å². The van der Waals surface area contributed by atoms with Gasteiger partial charge in [-0.15, -0.1) is 0 Å². The number of furan rings is 1. The maximum absolute atomic E-state index is 11.4. The molecule has 6 heteroatoms. The highest BCUT2D eigenvalue weighted by Gasteiger charge is 2.35. The fraction of sp³-hybridized carbons (Fsp3) is 0.556. The van der Waals surface area contributed by atoms with Gasteiger partial charge in [-0.1, -0.05) is 0 Å².